The maximum absolute atomic E-state index is 12.9. The van der Waals surface area contributed by atoms with Crippen molar-refractivity contribution in [2.75, 3.05) is 25.5 Å². The average molecular weight is 419 g/mol. The van der Waals surface area contributed by atoms with Crippen LogP contribution in [0.15, 0.2) is 34.9 Å². The first-order chi connectivity index (χ1) is 13.1. The lowest BCUT2D eigenvalue weighted by molar-refractivity contribution is -0.137. The van der Waals surface area contributed by atoms with E-state index in [0.29, 0.717) is 5.76 Å². The molecule has 0 radical (unpaired) electrons. The van der Waals surface area contributed by atoms with Crippen LogP contribution in [-0.2, 0) is 22.3 Å². The fourth-order valence-electron chi connectivity index (χ4n) is 2.42. The highest BCUT2D eigenvalue weighted by Crippen LogP contribution is 2.36. The topological polar surface area (TPSA) is 71.8 Å². The van der Waals surface area contributed by atoms with Gasteiger partial charge in [0.25, 0.3) is 0 Å². The summed E-state index contributed by atoms with van der Waals surface area (Å²) in [6.07, 6.45) is -3.29. The molecule has 1 aromatic heterocycles. The highest BCUT2D eigenvalue weighted by Gasteiger charge is 2.33. The maximum Gasteiger partial charge on any atom is 0.417 e. The van der Waals surface area contributed by atoms with Crippen LogP contribution in [0.1, 0.15) is 28.6 Å². The molecule has 0 saturated heterocycles. The number of ether oxygens (including phenoxy) is 1. The molecule has 28 heavy (non-hydrogen) atoms. The SMILES string of the molecule is CCOC(=O)c1ccoc1CN(C)CC(=O)Nc1ccc(Cl)c(C(F)(F)F)c1. The quantitative estimate of drug-likeness (QED) is 0.682. The standard InChI is InChI=1S/C18H18ClF3N2O4/c1-3-27-17(26)12-6-7-28-15(12)9-24(2)10-16(25)23-11-4-5-14(19)13(8-11)18(20,21)22/h4-8H,3,9-10H2,1-2H3,(H,23,25). The minimum Gasteiger partial charge on any atom is -0.467 e. The number of nitrogens with one attached hydrogen (secondary N) is 1. The molecule has 0 aliphatic carbocycles. The van der Waals surface area contributed by atoms with Crippen molar-refractivity contribution in [1.29, 1.82) is 0 Å². The number of carbonyl (C=O) groups excluding carboxylic acids is 2. The predicted octanol–water partition coefficient (Wildman–Crippen LogP) is 4.20. The van der Waals surface area contributed by atoms with Crippen LogP contribution in [0, 0.1) is 0 Å². The smallest absolute Gasteiger partial charge is 0.417 e. The Morgan fingerprint density at radius 3 is 2.64 bits per heavy atom. The zero-order chi connectivity index (χ0) is 20.9. The first-order valence-electron chi connectivity index (χ1n) is 8.20. The number of nitrogens with zero attached hydrogens (tertiary/aromatic N) is 1. The number of benzene rings is 1. The summed E-state index contributed by atoms with van der Waals surface area (Å²) in [6, 6.07) is 4.58. The van der Waals surface area contributed by atoms with E-state index < -0.39 is 28.6 Å². The third-order valence-corrected chi connectivity index (χ3v) is 3.95. The number of esters is 1. The van der Waals surface area contributed by atoms with Crippen LogP contribution in [0.2, 0.25) is 5.02 Å². The maximum atomic E-state index is 12.9. The van der Waals surface area contributed by atoms with Crippen LogP contribution in [0.4, 0.5) is 18.9 Å². The van der Waals surface area contributed by atoms with Gasteiger partial charge in [-0.25, -0.2) is 4.79 Å². The monoisotopic (exact) mass is 418 g/mol. The molecule has 0 aliphatic rings. The zero-order valence-corrected chi connectivity index (χ0v) is 15.9. The highest BCUT2D eigenvalue weighted by molar-refractivity contribution is 6.31. The zero-order valence-electron chi connectivity index (χ0n) is 15.1. The fourth-order valence-corrected chi connectivity index (χ4v) is 2.65. The van der Waals surface area contributed by atoms with Gasteiger partial charge in [0.1, 0.15) is 11.3 Å². The van der Waals surface area contributed by atoms with E-state index in [2.05, 4.69) is 5.32 Å². The van der Waals surface area contributed by atoms with Gasteiger partial charge in [-0.05, 0) is 38.2 Å². The number of anilines is 1. The summed E-state index contributed by atoms with van der Waals surface area (Å²) >= 11 is 5.55. The van der Waals surface area contributed by atoms with Gasteiger partial charge in [0.15, 0.2) is 0 Å². The second-order valence-corrected chi connectivity index (χ2v) is 6.30. The van der Waals surface area contributed by atoms with Gasteiger partial charge < -0.3 is 14.5 Å². The number of amides is 1. The van der Waals surface area contributed by atoms with Gasteiger partial charge in [-0.3, -0.25) is 9.69 Å². The lowest BCUT2D eigenvalue weighted by Gasteiger charge is -2.16. The average Bonchev–Trinajstić information content (AvgIpc) is 3.03. The van der Waals surface area contributed by atoms with Gasteiger partial charge in [-0.1, -0.05) is 11.6 Å². The summed E-state index contributed by atoms with van der Waals surface area (Å²) in [7, 11) is 1.60. The number of hydrogen-bond donors (Lipinski definition) is 1. The van der Waals surface area contributed by atoms with E-state index >= 15 is 0 Å². The van der Waals surface area contributed by atoms with Crippen molar-refractivity contribution in [2.24, 2.45) is 0 Å². The largest absolute Gasteiger partial charge is 0.467 e. The van der Waals surface area contributed by atoms with E-state index in [1.807, 2.05) is 0 Å². The molecule has 1 N–H and O–H groups in total. The Labute approximate surface area is 164 Å². The Morgan fingerprint density at radius 1 is 1.29 bits per heavy atom. The molecular weight excluding hydrogens is 401 g/mol. The Balaban J connectivity index is 1.99. The van der Waals surface area contributed by atoms with E-state index in [-0.39, 0.29) is 30.9 Å². The number of hydrogen-bond acceptors (Lipinski definition) is 5. The van der Waals surface area contributed by atoms with Crippen molar-refractivity contribution in [3.8, 4) is 0 Å². The Bertz CT molecular complexity index is 852. The van der Waals surface area contributed by atoms with Gasteiger partial charge in [0.2, 0.25) is 5.91 Å². The molecule has 152 valence electrons. The number of alkyl halides is 3. The molecule has 0 unspecified atom stereocenters. The number of furan rings is 1. The van der Waals surface area contributed by atoms with Gasteiger partial charge in [0, 0.05) is 5.69 Å². The van der Waals surface area contributed by atoms with Gasteiger partial charge in [-0.2, -0.15) is 13.2 Å². The molecule has 0 saturated carbocycles. The molecule has 0 spiro atoms. The van der Waals surface area contributed by atoms with Crippen molar-refractivity contribution in [3.63, 3.8) is 0 Å². The van der Waals surface area contributed by atoms with Crippen molar-refractivity contribution in [2.45, 2.75) is 19.6 Å². The molecule has 2 aromatic rings. The molecule has 0 aliphatic heterocycles. The van der Waals surface area contributed by atoms with E-state index in [0.717, 1.165) is 12.1 Å². The number of likely N-dealkylation sites (N-methyl/N-ethyl adjacent to an activating group) is 1. The molecule has 6 nitrogen and oxygen atoms in total. The van der Waals surface area contributed by atoms with E-state index in [4.69, 9.17) is 20.8 Å². The molecule has 1 amide bonds. The lowest BCUT2D eigenvalue weighted by atomic mass is 10.2. The first kappa shape index (κ1) is 21.8. The Hall–Kier alpha value is -2.52. The summed E-state index contributed by atoms with van der Waals surface area (Å²) in [5.74, 6) is -0.758. The van der Waals surface area contributed by atoms with Crippen molar-refractivity contribution < 1.29 is 31.9 Å². The first-order valence-corrected chi connectivity index (χ1v) is 8.58. The second kappa shape index (κ2) is 9.11. The summed E-state index contributed by atoms with van der Waals surface area (Å²) in [4.78, 5) is 25.5. The van der Waals surface area contributed by atoms with Gasteiger partial charge in [0.05, 0.1) is 36.5 Å². The molecule has 10 heteroatoms. The summed E-state index contributed by atoms with van der Waals surface area (Å²) < 4.78 is 48.8. The molecule has 0 atom stereocenters. The predicted molar refractivity (Wildman–Crippen MR) is 96.1 cm³/mol. The third kappa shape index (κ3) is 5.74. The minimum atomic E-state index is -4.63. The summed E-state index contributed by atoms with van der Waals surface area (Å²) in [5.41, 5.74) is -0.808. The van der Waals surface area contributed by atoms with Crippen LogP contribution >= 0.6 is 11.6 Å². The van der Waals surface area contributed by atoms with Crippen LogP contribution in [0.25, 0.3) is 0 Å². The van der Waals surface area contributed by atoms with Crippen molar-refractivity contribution >= 4 is 29.2 Å². The number of halogens is 4. The summed E-state index contributed by atoms with van der Waals surface area (Å²) in [6.45, 7) is 1.87. The van der Waals surface area contributed by atoms with Crippen LogP contribution in [0.3, 0.4) is 0 Å². The molecule has 2 rings (SSSR count). The van der Waals surface area contributed by atoms with Gasteiger partial charge in [-0.15, -0.1) is 0 Å². The fraction of sp³-hybridized carbons (Fsp3) is 0.333. The Morgan fingerprint density at radius 2 is 2.00 bits per heavy atom. The molecule has 1 heterocycles. The molecular formula is C18H18ClF3N2O4. The number of carbonyl (C=O) groups is 2. The van der Waals surface area contributed by atoms with E-state index in [1.54, 1.807) is 14.0 Å². The second-order valence-electron chi connectivity index (χ2n) is 5.89. The van der Waals surface area contributed by atoms with Crippen LogP contribution < -0.4 is 5.32 Å². The van der Waals surface area contributed by atoms with Gasteiger partial charge >= 0.3 is 12.1 Å². The lowest BCUT2D eigenvalue weighted by Crippen LogP contribution is -2.30. The minimum absolute atomic E-state index is 0.0275. The Kier molecular flexibility index (Phi) is 7.09. The van der Waals surface area contributed by atoms with E-state index in [1.165, 1.54) is 23.3 Å². The molecule has 1 aromatic carbocycles. The molecule has 0 fully saturated rings. The highest BCUT2D eigenvalue weighted by atomic mass is 35.5. The van der Waals surface area contributed by atoms with Crippen LogP contribution in [-0.4, -0.2) is 37.0 Å². The van der Waals surface area contributed by atoms with Crippen molar-refractivity contribution in [1.82, 2.24) is 4.90 Å². The van der Waals surface area contributed by atoms with Crippen LogP contribution in [0.5, 0.6) is 0 Å². The summed E-state index contributed by atoms with van der Waals surface area (Å²) in [5, 5.41) is 1.94. The van der Waals surface area contributed by atoms with Crippen molar-refractivity contribution in [3.05, 3.63) is 52.4 Å². The third-order valence-electron chi connectivity index (χ3n) is 3.62. The normalized spacial score (nSPS) is 11.5. The molecule has 0 bridgehead atoms. The van der Waals surface area contributed by atoms with E-state index in [9.17, 15) is 22.8 Å². The number of rotatable bonds is 7.